The number of amides is 1. The number of nitrogens with zero attached hydrogens (tertiary/aromatic N) is 3. The molecule has 3 aromatic rings. The monoisotopic (exact) mass is 408 g/mol. The zero-order chi connectivity index (χ0) is 18.7. The van der Waals surface area contributed by atoms with Gasteiger partial charge in [0.25, 0.3) is 0 Å². The third-order valence-corrected chi connectivity index (χ3v) is 5.26. The summed E-state index contributed by atoms with van der Waals surface area (Å²) in [6.45, 7) is 0. The summed E-state index contributed by atoms with van der Waals surface area (Å²) in [5, 5.41) is 21.8. The number of rotatable bonds is 5. The largest absolute Gasteiger partial charge is 0.508 e. The van der Waals surface area contributed by atoms with Crippen molar-refractivity contribution in [3.63, 3.8) is 0 Å². The summed E-state index contributed by atoms with van der Waals surface area (Å²) in [4.78, 5) is 12.1. The lowest BCUT2D eigenvalue weighted by atomic mass is 10.2. The van der Waals surface area contributed by atoms with Crippen LogP contribution in [0.1, 0.15) is 0 Å². The highest BCUT2D eigenvalue weighted by molar-refractivity contribution is 7.99. The summed E-state index contributed by atoms with van der Waals surface area (Å²) < 4.78 is 1.80. The van der Waals surface area contributed by atoms with Crippen molar-refractivity contribution in [1.29, 1.82) is 0 Å². The molecular weight excluding hydrogens is 395 g/mol. The number of aromatic hydroxyl groups is 1. The van der Waals surface area contributed by atoms with E-state index in [0.29, 0.717) is 26.7 Å². The Morgan fingerprint density at radius 1 is 1.15 bits per heavy atom. The fraction of sp³-hybridized carbons (Fsp3) is 0.118. The highest BCUT2D eigenvalue weighted by Crippen LogP contribution is 2.26. The predicted molar refractivity (Wildman–Crippen MR) is 104 cm³/mol. The van der Waals surface area contributed by atoms with Gasteiger partial charge in [0.1, 0.15) is 5.75 Å². The molecule has 2 N–H and O–H groups in total. The molecule has 2 aromatic carbocycles. The van der Waals surface area contributed by atoms with Gasteiger partial charge in [-0.15, -0.1) is 10.2 Å². The van der Waals surface area contributed by atoms with E-state index in [2.05, 4.69) is 15.5 Å². The van der Waals surface area contributed by atoms with E-state index in [4.69, 9.17) is 23.2 Å². The summed E-state index contributed by atoms with van der Waals surface area (Å²) in [6.07, 6.45) is 0. The minimum atomic E-state index is -0.192. The number of phenols is 1. The van der Waals surface area contributed by atoms with Gasteiger partial charge in [-0.05, 0) is 42.5 Å². The van der Waals surface area contributed by atoms with Gasteiger partial charge in [0.05, 0.1) is 15.8 Å². The number of nitrogens with one attached hydrogen (secondary N) is 1. The molecule has 1 heterocycles. The number of hydrogen-bond acceptors (Lipinski definition) is 5. The second-order valence-electron chi connectivity index (χ2n) is 5.38. The molecule has 0 bridgehead atoms. The fourth-order valence-electron chi connectivity index (χ4n) is 2.20. The van der Waals surface area contributed by atoms with Crippen LogP contribution in [0, 0.1) is 0 Å². The van der Waals surface area contributed by atoms with Gasteiger partial charge in [0.15, 0.2) is 11.0 Å². The first-order chi connectivity index (χ1) is 12.4. The van der Waals surface area contributed by atoms with Crippen LogP contribution in [-0.4, -0.2) is 31.5 Å². The number of carbonyl (C=O) groups is 1. The third kappa shape index (κ3) is 4.30. The van der Waals surface area contributed by atoms with Crippen molar-refractivity contribution in [2.24, 2.45) is 7.05 Å². The van der Waals surface area contributed by atoms with Crippen LogP contribution in [0.15, 0.2) is 47.6 Å². The van der Waals surface area contributed by atoms with Crippen LogP contribution in [0.4, 0.5) is 5.69 Å². The van der Waals surface area contributed by atoms with E-state index in [-0.39, 0.29) is 17.4 Å². The molecule has 0 aliphatic carbocycles. The second kappa shape index (κ2) is 7.99. The van der Waals surface area contributed by atoms with Crippen molar-refractivity contribution in [1.82, 2.24) is 14.8 Å². The lowest BCUT2D eigenvalue weighted by Gasteiger charge is -2.06. The van der Waals surface area contributed by atoms with Crippen LogP contribution in [-0.2, 0) is 11.8 Å². The molecular formula is C17H14Cl2N4O2S. The average Bonchev–Trinajstić information content (AvgIpc) is 2.98. The Bertz CT molecular complexity index is 944. The van der Waals surface area contributed by atoms with E-state index in [9.17, 15) is 9.90 Å². The van der Waals surface area contributed by atoms with Gasteiger partial charge < -0.3 is 15.0 Å². The van der Waals surface area contributed by atoms with Gasteiger partial charge >= 0.3 is 0 Å². The van der Waals surface area contributed by atoms with Crippen molar-refractivity contribution in [3.8, 4) is 17.1 Å². The summed E-state index contributed by atoms with van der Waals surface area (Å²) in [7, 11) is 1.82. The number of aromatic nitrogens is 3. The van der Waals surface area contributed by atoms with E-state index in [0.717, 1.165) is 5.56 Å². The lowest BCUT2D eigenvalue weighted by molar-refractivity contribution is -0.113. The Kier molecular flexibility index (Phi) is 5.70. The third-order valence-electron chi connectivity index (χ3n) is 3.50. The molecule has 3 rings (SSSR count). The highest BCUT2D eigenvalue weighted by Gasteiger charge is 2.13. The van der Waals surface area contributed by atoms with Gasteiger partial charge in [-0.1, -0.05) is 35.0 Å². The van der Waals surface area contributed by atoms with Crippen LogP contribution in [0.5, 0.6) is 5.75 Å². The highest BCUT2D eigenvalue weighted by atomic mass is 35.5. The van der Waals surface area contributed by atoms with Crippen LogP contribution >= 0.6 is 35.0 Å². The molecule has 0 aliphatic rings. The van der Waals surface area contributed by atoms with Crippen LogP contribution < -0.4 is 5.32 Å². The SMILES string of the molecule is Cn1c(SCC(=O)Nc2ccc(Cl)c(Cl)c2)nnc1-c1ccc(O)cc1. The average molecular weight is 409 g/mol. The molecule has 1 aromatic heterocycles. The first-order valence-corrected chi connectivity index (χ1v) is 9.24. The second-order valence-corrected chi connectivity index (χ2v) is 7.13. The zero-order valence-electron chi connectivity index (χ0n) is 13.6. The smallest absolute Gasteiger partial charge is 0.234 e. The van der Waals surface area contributed by atoms with Crippen LogP contribution in [0.25, 0.3) is 11.4 Å². The number of hydrogen-bond donors (Lipinski definition) is 2. The Labute approximate surface area is 164 Å². The van der Waals surface area contributed by atoms with E-state index in [1.54, 1.807) is 47.0 Å². The molecule has 0 radical (unpaired) electrons. The molecule has 0 saturated carbocycles. The van der Waals surface area contributed by atoms with Crippen LogP contribution in [0.3, 0.4) is 0 Å². The van der Waals surface area contributed by atoms with E-state index < -0.39 is 0 Å². The number of benzene rings is 2. The molecule has 0 fully saturated rings. The van der Waals surface area contributed by atoms with Crippen LogP contribution in [0.2, 0.25) is 10.0 Å². The van der Waals surface area contributed by atoms with Gasteiger partial charge in [-0.25, -0.2) is 0 Å². The number of halogens is 2. The summed E-state index contributed by atoms with van der Waals surface area (Å²) in [5.74, 6) is 0.811. The molecule has 134 valence electrons. The Morgan fingerprint density at radius 2 is 1.88 bits per heavy atom. The Balaban J connectivity index is 1.63. The minimum Gasteiger partial charge on any atom is -0.508 e. The number of thioether (sulfide) groups is 1. The molecule has 0 unspecified atom stereocenters. The Hall–Kier alpha value is -2.22. The maximum Gasteiger partial charge on any atom is 0.234 e. The summed E-state index contributed by atoms with van der Waals surface area (Å²) in [6, 6.07) is 11.6. The zero-order valence-corrected chi connectivity index (χ0v) is 15.9. The van der Waals surface area contributed by atoms with Gasteiger partial charge in [-0.3, -0.25) is 4.79 Å². The first-order valence-electron chi connectivity index (χ1n) is 7.50. The molecule has 0 spiro atoms. The van der Waals surface area contributed by atoms with E-state index in [1.165, 1.54) is 11.8 Å². The number of carbonyl (C=O) groups excluding carboxylic acids is 1. The molecule has 9 heteroatoms. The lowest BCUT2D eigenvalue weighted by Crippen LogP contribution is -2.14. The maximum atomic E-state index is 12.1. The molecule has 0 aliphatic heterocycles. The van der Waals surface area contributed by atoms with E-state index >= 15 is 0 Å². The van der Waals surface area contributed by atoms with Gasteiger partial charge in [-0.2, -0.15) is 0 Å². The van der Waals surface area contributed by atoms with Gasteiger partial charge in [0, 0.05) is 18.3 Å². The van der Waals surface area contributed by atoms with Crippen molar-refractivity contribution < 1.29 is 9.90 Å². The van der Waals surface area contributed by atoms with Crippen molar-refractivity contribution in [3.05, 3.63) is 52.5 Å². The van der Waals surface area contributed by atoms with Crippen molar-refractivity contribution in [2.45, 2.75) is 5.16 Å². The maximum absolute atomic E-state index is 12.1. The molecule has 26 heavy (non-hydrogen) atoms. The number of anilines is 1. The summed E-state index contributed by atoms with van der Waals surface area (Å²) >= 11 is 13.1. The molecule has 6 nitrogen and oxygen atoms in total. The molecule has 0 atom stereocenters. The molecule has 1 amide bonds. The minimum absolute atomic E-state index is 0.168. The van der Waals surface area contributed by atoms with E-state index in [1.807, 2.05) is 7.05 Å². The summed E-state index contributed by atoms with van der Waals surface area (Å²) in [5.41, 5.74) is 1.40. The van der Waals surface area contributed by atoms with Crippen molar-refractivity contribution in [2.75, 3.05) is 11.1 Å². The molecule has 0 saturated heterocycles. The predicted octanol–water partition coefficient (Wildman–Crippen LogP) is 4.23. The van der Waals surface area contributed by atoms with Crippen molar-refractivity contribution >= 4 is 46.6 Å². The quantitative estimate of drug-likeness (QED) is 0.617. The Morgan fingerprint density at radius 3 is 2.58 bits per heavy atom. The standard InChI is InChI=1S/C17H14Cl2N4O2S/c1-23-16(10-2-5-12(24)6-3-10)21-22-17(23)26-9-15(25)20-11-4-7-13(18)14(19)8-11/h2-8,24H,9H2,1H3,(H,20,25). The van der Waals surface area contributed by atoms with Gasteiger partial charge in [0.2, 0.25) is 5.91 Å². The normalized spacial score (nSPS) is 10.7. The number of phenolic OH excluding ortho intramolecular Hbond substituents is 1. The fourth-order valence-corrected chi connectivity index (χ4v) is 3.21. The topological polar surface area (TPSA) is 80.0 Å². The first kappa shape index (κ1) is 18.6.